The highest BCUT2D eigenvalue weighted by atomic mass is 32.2. The van der Waals surface area contributed by atoms with Crippen LogP contribution in [0.5, 0.6) is 0 Å². The van der Waals surface area contributed by atoms with Gasteiger partial charge in [0.2, 0.25) is 0 Å². The molecule has 6 rings (SSSR count). The molecule has 4 aliphatic rings. The van der Waals surface area contributed by atoms with E-state index in [0.29, 0.717) is 12.5 Å². The Hall–Kier alpha value is -1.70. The number of fused-ring (bicyclic) bond motifs is 2. The van der Waals surface area contributed by atoms with E-state index in [-0.39, 0.29) is 23.0 Å². The van der Waals surface area contributed by atoms with E-state index in [1.54, 1.807) is 21.4 Å². The average Bonchev–Trinajstić information content (AvgIpc) is 3.29. The Morgan fingerprint density at radius 2 is 1.78 bits per heavy atom. The van der Waals surface area contributed by atoms with Gasteiger partial charge in [0, 0.05) is 37.8 Å². The van der Waals surface area contributed by atoms with Gasteiger partial charge in [-0.25, -0.2) is 13.4 Å². The van der Waals surface area contributed by atoms with Crippen LogP contribution in [0.4, 0.5) is 0 Å². The fraction of sp³-hybridized carbons (Fsp3) is 0.550. The van der Waals surface area contributed by atoms with Gasteiger partial charge in [0.05, 0.1) is 6.33 Å². The van der Waals surface area contributed by atoms with Crippen molar-refractivity contribution in [3.05, 3.63) is 47.9 Å². The number of sulfonamides is 1. The highest BCUT2D eigenvalue weighted by Crippen LogP contribution is 2.48. The number of aryl methyl sites for hydroxylation is 2. The predicted molar refractivity (Wildman–Crippen MR) is 103 cm³/mol. The molecule has 2 bridgehead atoms. The molecule has 4 fully saturated rings. The summed E-state index contributed by atoms with van der Waals surface area (Å²) in [6, 6.07) is 8.96. The van der Waals surface area contributed by atoms with Crippen molar-refractivity contribution in [1.29, 1.82) is 0 Å². The van der Waals surface area contributed by atoms with Crippen molar-refractivity contribution in [3.63, 3.8) is 0 Å². The number of piperidine rings is 3. The lowest BCUT2D eigenvalue weighted by Gasteiger charge is -2.50. The van der Waals surface area contributed by atoms with Crippen molar-refractivity contribution in [3.8, 4) is 0 Å². The maximum Gasteiger partial charge on any atom is 0.262 e. The Morgan fingerprint density at radius 3 is 2.41 bits per heavy atom. The summed E-state index contributed by atoms with van der Waals surface area (Å²) in [6.07, 6.45) is 5.37. The van der Waals surface area contributed by atoms with Crippen LogP contribution in [0.15, 0.2) is 41.8 Å². The van der Waals surface area contributed by atoms with Crippen molar-refractivity contribution >= 4 is 10.0 Å². The van der Waals surface area contributed by atoms with Gasteiger partial charge in [-0.2, -0.15) is 4.31 Å². The van der Waals surface area contributed by atoms with Gasteiger partial charge in [-0.15, -0.1) is 0 Å². The summed E-state index contributed by atoms with van der Waals surface area (Å²) in [5, 5.41) is 0.171. The fourth-order valence-corrected chi connectivity index (χ4v) is 7.09. The van der Waals surface area contributed by atoms with Crippen LogP contribution < -0.4 is 0 Å². The van der Waals surface area contributed by atoms with Crippen molar-refractivity contribution in [1.82, 2.24) is 18.8 Å². The van der Waals surface area contributed by atoms with E-state index in [2.05, 4.69) is 41.1 Å². The SMILES string of the molecule is Cc1ccc([C@H]2CN(S(=O)(=O)c3cn(C)cn3)[C@@H]3C4CCN(CC4)[C@H]23)cc1. The van der Waals surface area contributed by atoms with Crippen molar-refractivity contribution in [2.75, 3.05) is 19.6 Å². The first-order valence-corrected chi connectivity index (χ1v) is 11.2. The fourth-order valence-electron chi connectivity index (χ4n) is 5.39. The Balaban J connectivity index is 1.57. The van der Waals surface area contributed by atoms with Crippen molar-refractivity contribution in [2.45, 2.75) is 42.8 Å². The lowest BCUT2D eigenvalue weighted by molar-refractivity contribution is 0.0122. The van der Waals surface area contributed by atoms with Crippen LogP contribution in [0.2, 0.25) is 0 Å². The molecule has 0 unspecified atom stereocenters. The van der Waals surface area contributed by atoms with Crippen molar-refractivity contribution in [2.24, 2.45) is 13.0 Å². The predicted octanol–water partition coefficient (Wildman–Crippen LogP) is 1.98. The molecular weight excluding hydrogens is 360 g/mol. The highest BCUT2D eigenvalue weighted by Gasteiger charge is 2.56. The molecule has 4 aliphatic heterocycles. The van der Waals surface area contributed by atoms with Crippen molar-refractivity contribution < 1.29 is 8.42 Å². The van der Waals surface area contributed by atoms with Crippen LogP contribution in [0.3, 0.4) is 0 Å². The van der Waals surface area contributed by atoms with E-state index in [0.717, 1.165) is 25.9 Å². The zero-order valence-corrected chi connectivity index (χ0v) is 16.6. The number of hydrogen-bond acceptors (Lipinski definition) is 4. The number of rotatable bonds is 3. The van der Waals surface area contributed by atoms with E-state index < -0.39 is 10.0 Å². The molecule has 1 aromatic carbocycles. The molecule has 0 saturated carbocycles. The van der Waals surface area contributed by atoms with Gasteiger partial charge in [-0.3, -0.25) is 4.90 Å². The monoisotopic (exact) mass is 386 g/mol. The van der Waals surface area contributed by atoms with Gasteiger partial charge in [0.15, 0.2) is 5.03 Å². The summed E-state index contributed by atoms with van der Waals surface area (Å²) in [7, 11) is -1.78. The highest BCUT2D eigenvalue weighted by molar-refractivity contribution is 7.89. The molecule has 0 spiro atoms. The van der Waals surface area contributed by atoms with Gasteiger partial charge in [-0.05, 0) is 44.3 Å². The molecule has 0 aliphatic carbocycles. The van der Waals surface area contributed by atoms with Crippen LogP contribution in [0.1, 0.15) is 29.9 Å². The summed E-state index contributed by atoms with van der Waals surface area (Å²) >= 11 is 0. The summed E-state index contributed by atoms with van der Waals surface area (Å²) in [4.78, 5) is 6.69. The van der Waals surface area contributed by atoms with Crippen LogP contribution in [-0.4, -0.2) is 58.9 Å². The van der Waals surface area contributed by atoms with E-state index in [1.807, 2.05) is 7.05 Å². The number of nitrogens with zero attached hydrogens (tertiary/aromatic N) is 4. The lowest BCUT2D eigenvalue weighted by atomic mass is 9.75. The zero-order valence-electron chi connectivity index (χ0n) is 15.8. The molecule has 1 aromatic heterocycles. The summed E-state index contributed by atoms with van der Waals surface area (Å²) < 4.78 is 30.4. The normalized spacial score (nSPS) is 33.3. The first-order chi connectivity index (χ1) is 12.9. The third-order valence-electron chi connectivity index (χ3n) is 6.71. The molecule has 5 heterocycles. The topological polar surface area (TPSA) is 58.4 Å². The van der Waals surface area contributed by atoms with Crippen LogP contribution in [0, 0.1) is 12.8 Å². The minimum Gasteiger partial charge on any atom is -0.339 e. The van der Waals surface area contributed by atoms with Gasteiger partial charge >= 0.3 is 0 Å². The Kier molecular flexibility index (Phi) is 3.97. The van der Waals surface area contributed by atoms with Gasteiger partial charge in [-0.1, -0.05) is 29.8 Å². The van der Waals surface area contributed by atoms with Gasteiger partial charge < -0.3 is 4.57 Å². The summed E-state index contributed by atoms with van der Waals surface area (Å²) in [5.41, 5.74) is 2.48. The summed E-state index contributed by atoms with van der Waals surface area (Å²) in [6.45, 7) is 4.81. The molecule has 144 valence electrons. The van der Waals surface area contributed by atoms with E-state index >= 15 is 0 Å². The quantitative estimate of drug-likeness (QED) is 0.809. The molecule has 4 saturated heterocycles. The maximum absolute atomic E-state index is 13.4. The molecule has 0 radical (unpaired) electrons. The lowest BCUT2D eigenvalue weighted by Crippen LogP contribution is -2.60. The summed E-state index contributed by atoms with van der Waals surface area (Å²) in [5.74, 6) is 0.672. The number of aromatic nitrogens is 2. The Morgan fingerprint density at radius 1 is 1.07 bits per heavy atom. The van der Waals surface area contributed by atoms with Gasteiger partial charge in [0.1, 0.15) is 0 Å². The molecular formula is C20H26N4O2S. The smallest absolute Gasteiger partial charge is 0.262 e. The second-order valence-corrected chi connectivity index (χ2v) is 10.2. The molecule has 27 heavy (non-hydrogen) atoms. The average molecular weight is 387 g/mol. The number of hydrogen-bond donors (Lipinski definition) is 0. The molecule has 6 nitrogen and oxygen atoms in total. The molecule has 2 aromatic rings. The number of benzene rings is 1. The zero-order chi connectivity index (χ0) is 18.8. The Labute approximate surface area is 160 Å². The van der Waals surface area contributed by atoms with Crippen LogP contribution in [-0.2, 0) is 17.1 Å². The third-order valence-corrected chi connectivity index (χ3v) is 8.46. The maximum atomic E-state index is 13.4. The molecule has 3 atom stereocenters. The second kappa shape index (κ2) is 6.15. The standard InChI is InChI=1S/C20H26N4O2S/c1-14-3-5-15(6-4-14)17-11-24(27(25,26)18-12-22(2)13-21-18)19-16-7-9-23(10-8-16)20(17)19/h3-6,12-13,16-17,19-20H,7-11H2,1-2H3/t17-,19-,20-/m1/s1. The first kappa shape index (κ1) is 17.4. The molecule has 0 N–H and O–H groups in total. The largest absolute Gasteiger partial charge is 0.339 e. The van der Waals surface area contributed by atoms with Crippen LogP contribution in [0.25, 0.3) is 0 Å². The Bertz CT molecular complexity index is 945. The first-order valence-electron chi connectivity index (χ1n) is 9.75. The minimum atomic E-state index is -3.59. The van der Waals surface area contributed by atoms with Crippen LogP contribution >= 0.6 is 0 Å². The minimum absolute atomic E-state index is 0.0609. The second-order valence-electron chi connectivity index (χ2n) is 8.32. The van der Waals surface area contributed by atoms with E-state index in [9.17, 15) is 8.42 Å². The number of imidazole rings is 1. The molecule has 0 amide bonds. The third kappa shape index (κ3) is 2.67. The van der Waals surface area contributed by atoms with Gasteiger partial charge in [0.25, 0.3) is 10.0 Å². The van der Waals surface area contributed by atoms with E-state index in [4.69, 9.17) is 0 Å². The van der Waals surface area contributed by atoms with E-state index in [1.165, 1.54) is 11.1 Å². The molecule has 7 heteroatoms.